The van der Waals surface area contributed by atoms with Crippen molar-refractivity contribution < 1.29 is 4.79 Å². The molecule has 0 saturated heterocycles. The molecule has 0 fully saturated rings. The van der Waals surface area contributed by atoms with Gasteiger partial charge in [-0.05, 0) is 29.7 Å². The molecule has 3 heteroatoms. The van der Waals surface area contributed by atoms with Crippen molar-refractivity contribution >= 4 is 16.8 Å². The normalized spacial score (nSPS) is 9.56. The summed E-state index contributed by atoms with van der Waals surface area (Å²) < 4.78 is 0. The number of benzene rings is 2. The van der Waals surface area contributed by atoms with Crippen LogP contribution >= 0.6 is 0 Å². The van der Waals surface area contributed by atoms with Gasteiger partial charge in [-0.2, -0.15) is 0 Å². The number of para-hydroxylation sites is 1. The highest BCUT2D eigenvalue weighted by Gasteiger charge is 1.93. The van der Waals surface area contributed by atoms with Crippen LogP contribution in [0.3, 0.4) is 0 Å². The van der Waals surface area contributed by atoms with Crippen LogP contribution in [-0.4, -0.2) is 10.9 Å². The molecule has 1 aromatic heterocycles. The van der Waals surface area contributed by atoms with Gasteiger partial charge in [0.2, 0.25) is 5.91 Å². The van der Waals surface area contributed by atoms with E-state index in [1.165, 1.54) is 10.9 Å². The molecule has 0 saturated carbocycles. The molecule has 0 spiro atoms. The summed E-state index contributed by atoms with van der Waals surface area (Å²) in [6.07, 6.45) is 1.95. The fraction of sp³-hybridized carbons (Fsp3) is 0. The first kappa shape index (κ1) is 11.9. The van der Waals surface area contributed by atoms with Gasteiger partial charge in [-0.15, -0.1) is 0 Å². The van der Waals surface area contributed by atoms with Gasteiger partial charge in [0.1, 0.15) is 0 Å². The number of primary amides is 1. The molecule has 1 heterocycles. The standard InChI is InChI=1S/C8H7N.C7H7NO/c1-2-4-8-7(3-1)5-6-9-8;8-7(9)6-4-2-1-3-5-6/h1-6,9H;1-5H,(H2,8,9). The lowest BCUT2D eigenvalue weighted by atomic mass is 10.2. The SMILES string of the molecule is NC(=O)c1ccccc1.c1ccc2[nH]ccc2c1. The fourth-order valence-corrected chi connectivity index (χ4v) is 1.60. The van der Waals surface area contributed by atoms with E-state index in [4.69, 9.17) is 5.73 Å². The molecule has 2 aromatic carbocycles. The van der Waals surface area contributed by atoms with E-state index in [-0.39, 0.29) is 5.91 Å². The molecule has 90 valence electrons. The maximum atomic E-state index is 10.4. The maximum Gasteiger partial charge on any atom is 0.248 e. The second kappa shape index (κ2) is 5.68. The molecule has 18 heavy (non-hydrogen) atoms. The molecule has 0 aliphatic carbocycles. The predicted molar refractivity (Wildman–Crippen MR) is 73.3 cm³/mol. The lowest BCUT2D eigenvalue weighted by Gasteiger charge is -1.89. The van der Waals surface area contributed by atoms with E-state index < -0.39 is 0 Å². The predicted octanol–water partition coefficient (Wildman–Crippen LogP) is 2.95. The van der Waals surface area contributed by atoms with Crippen LogP contribution in [0.4, 0.5) is 0 Å². The molecular formula is C15H14N2O. The Hall–Kier alpha value is -2.55. The van der Waals surface area contributed by atoms with Crippen molar-refractivity contribution in [3.05, 3.63) is 72.4 Å². The van der Waals surface area contributed by atoms with Crippen LogP contribution in [-0.2, 0) is 0 Å². The van der Waals surface area contributed by atoms with Gasteiger partial charge in [0.15, 0.2) is 0 Å². The number of hydrogen-bond acceptors (Lipinski definition) is 1. The van der Waals surface area contributed by atoms with Gasteiger partial charge in [-0.25, -0.2) is 0 Å². The molecule has 3 aromatic rings. The molecule has 0 aliphatic rings. The summed E-state index contributed by atoms with van der Waals surface area (Å²) in [6.45, 7) is 0. The van der Waals surface area contributed by atoms with Gasteiger partial charge < -0.3 is 10.7 Å². The zero-order chi connectivity index (χ0) is 12.8. The van der Waals surface area contributed by atoms with Gasteiger partial charge in [0.05, 0.1) is 0 Å². The fourth-order valence-electron chi connectivity index (χ4n) is 1.60. The van der Waals surface area contributed by atoms with E-state index >= 15 is 0 Å². The molecule has 0 atom stereocenters. The van der Waals surface area contributed by atoms with Crippen molar-refractivity contribution in [1.82, 2.24) is 4.98 Å². The molecule has 1 amide bonds. The maximum absolute atomic E-state index is 10.4. The highest BCUT2D eigenvalue weighted by Crippen LogP contribution is 2.09. The second-order valence-corrected chi connectivity index (χ2v) is 3.80. The van der Waals surface area contributed by atoms with Gasteiger partial charge in [-0.1, -0.05) is 36.4 Å². The number of rotatable bonds is 1. The van der Waals surface area contributed by atoms with Gasteiger partial charge in [-0.3, -0.25) is 4.79 Å². The number of carbonyl (C=O) groups excluding carboxylic acids is 1. The van der Waals surface area contributed by atoms with Crippen LogP contribution in [0.25, 0.3) is 10.9 Å². The third-order valence-electron chi connectivity index (χ3n) is 2.52. The number of nitrogens with two attached hydrogens (primary N) is 1. The van der Waals surface area contributed by atoms with Crippen molar-refractivity contribution in [3.8, 4) is 0 Å². The number of nitrogens with one attached hydrogen (secondary N) is 1. The minimum absolute atomic E-state index is 0.379. The minimum atomic E-state index is -0.379. The molecule has 3 rings (SSSR count). The third kappa shape index (κ3) is 2.98. The summed E-state index contributed by atoms with van der Waals surface area (Å²) in [7, 11) is 0. The van der Waals surface area contributed by atoms with E-state index in [0.717, 1.165) is 0 Å². The zero-order valence-electron chi connectivity index (χ0n) is 9.84. The van der Waals surface area contributed by atoms with Crippen LogP contribution < -0.4 is 5.73 Å². The highest BCUT2D eigenvalue weighted by atomic mass is 16.1. The number of amides is 1. The van der Waals surface area contributed by atoms with Crippen molar-refractivity contribution in [2.24, 2.45) is 5.73 Å². The monoisotopic (exact) mass is 238 g/mol. The van der Waals surface area contributed by atoms with Crippen molar-refractivity contribution in [2.45, 2.75) is 0 Å². The summed E-state index contributed by atoms with van der Waals surface area (Å²) >= 11 is 0. The lowest BCUT2D eigenvalue weighted by molar-refractivity contribution is 0.100. The van der Waals surface area contributed by atoms with E-state index in [9.17, 15) is 4.79 Å². The average molecular weight is 238 g/mol. The van der Waals surface area contributed by atoms with E-state index in [0.29, 0.717) is 5.56 Å². The number of carbonyl (C=O) groups is 1. The average Bonchev–Trinajstić information content (AvgIpc) is 2.89. The summed E-state index contributed by atoms with van der Waals surface area (Å²) in [5.74, 6) is -0.379. The number of aromatic nitrogens is 1. The van der Waals surface area contributed by atoms with Gasteiger partial charge in [0.25, 0.3) is 0 Å². The lowest BCUT2D eigenvalue weighted by Crippen LogP contribution is -2.09. The summed E-state index contributed by atoms with van der Waals surface area (Å²) in [5, 5.41) is 1.28. The zero-order valence-corrected chi connectivity index (χ0v) is 9.84. The van der Waals surface area contributed by atoms with E-state index in [1.54, 1.807) is 24.3 Å². The smallest absolute Gasteiger partial charge is 0.248 e. The Morgan fingerprint density at radius 3 is 2.17 bits per heavy atom. The molecule has 0 unspecified atom stereocenters. The van der Waals surface area contributed by atoms with Gasteiger partial charge in [0, 0.05) is 17.3 Å². The van der Waals surface area contributed by atoms with Crippen LogP contribution in [0.5, 0.6) is 0 Å². The minimum Gasteiger partial charge on any atom is -0.366 e. The molecule has 3 nitrogen and oxygen atoms in total. The number of fused-ring (bicyclic) bond motifs is 1. The number of aromatic amines is 1. The van der Waals surface area contributed by atoms with Crippen molar-refractivity contribution in [3.63, 3.8) is 0 Å². The second-order valence-electron chi connectivity index (χ2n) is 3.80. The Kier molecular flexibility index (Phi) is 3.76. The van der Waals surface area contributed by atoms with Crippen molar-refractivity contribution in [2.75, 3.05) is 0 Å². The Labute approximate surface area is 105 Å². The number of H-pyrrole nitrogens is 1. The molecule has 0 radical (unpaired) electrons. The first-order valence-corrected chi connectivity index (χ1v) is 5.64. The first-order valence-electron chi connectivity index (χ1n) is 5.64. The molecule has 0 bridgehead atoms. The van der Waals surface area contributed by atoms with E-state index in [1.807, 2.05) is 24.4 Å². The van der Waals surface area contributed by atoms with Crippen LogP contribution in [0, 0.1) is 0 Å². The molecule has 3 N–H and O–H groups in total. The Bertz CT molecular complexity index is 599. The largest absolute Gasteiger partial charge is 0.366 e. The summed E-state index contributed by atoms with van der Waals surface area (Å²) in [4.78, 5) is 13.5. The molecule has 0 aliphatic heterocycles. The van der Waals surface area contributed by atoms with Crippen LogP contribution in [0.2, 0.25) is 0 Å². The molecular weight excluding hydrogens is 224 g/mol. The Morgan fingerprint density at radius 1 is 0.889 bits per heavy atom. The quantitative estimate of drug-likeness (QED) is 0.672. The Balaban J connectivity index is 0.000000134. The van der Waals surface area contributed by atoms with E-state index in [2.05, 4.69) is 23.2 Å². The topological polar surface area (TPSA) is 58.9 Å². The first-order chi connectivity index (χ1) is 8.77. The summed E-state index contributed by atoms with van der Waals surface area (Å²) in [5.41, 5.74) is 6.73. The Morgan fingerprint density at radius 2 is 1.56 bits per heavy atom. The third-order valence-corrected chi connectivity index (χ3v) is 2.52. The highest BCUT2D eigenvalue weighted by molar-refractivity contribution is 5.92. The van der Waals surface area contributed by atoms with Crippen molar-refractivity contribution in [1.29, 1.82) is 0 Å². The van der Waals surface area contributed by atoms with Crippen LogP contribution in [0.15, 0.2) is 66.9 Å². The number of hydrogen-bond donors (Lipinski definition) is 2. The van der Waals surface area contributed by atoms with Gasteiger partial charge >= 0.3 is 0 Å². The van der Waals surface area contributed by atoms with Crippen LogP contribution in [0.1, 0.15) is 10.4 Å². The summed E-state index contributed by atoms with van der Waals surface area (Å²) in [6, 6.07) is 19.0.